The van der Waals surface area contributed by atoms with E-state index in [2.05, 4.69) is 25.5 Å². The molecule has 2 saturated heterocycles. The number of nitrogens with one attached hydrogen (secondary N) is 2. The summed E-state index contributed by atoms with van der Waals surface area (Å²) in [6, 6.07) is 6.56. The standard InChI is InChI=1S/C30H34F4N8O2/c1-17-14-42(15-18(2)40(17)3)25-11-23(31)20(19-5-4-8-41(16-19)27-6-7-36-26(12-35)39-27)9-24(25)38-29(44)21-13-37-28(43)10-22(21)30(32,33)34/h5-7,9,11,17-18,21-22H,4,8,10,13-16H2,1-3H3,(H,37,43)(H,38,44)/t17-,18+,21?,22?. The molecule has 2 aromatic rings. The number of amides is 2. The SMILES string of the molecule is C[C@@H]1CN(c2cc(F)c(C3=CCCN(c4ccnc(C#N)n4)C3)cc2NC(=O)C2CNC(=O)CC2C(F)(F)F)C[C@H](C)N1C. The van der Waals surface area contributed by atoms with Crippen LogP contribution in [0.5, 0.6) is 0 Å². The molecule has 0 aliphatic carbocycles. The number of aromatic nitrogens is 2. The monoisotopic (exact) mass is 614 g/mol. The summed E-state index contributed by atoms with van der Waals surface area (Å²) in [5.41, 5.74) is 1.37. The molecule has 44 heavy (non-hydrogen) atoms. The number of carbonyl (C=O) groups is 2. The lowest BCUT2D eigenvalue weighted by molar-refractivity contribution is -0.197. The van der Waals surface area contributed by atoms with Gasteiger partial charge in [-0.05, 0) is 51.1 Å². The van der Waals surface area contributed by atoms with Gasteiger partial charge in [-0.25, -0.2) is 14.4 Å². The fourth-order valence-electron chi connectivity index (χ4n) is 6.11. The molecule has 2 fully saturated rings. The largest absolute Gasteiger partial charge is 0.393 e. The van der Waals surface area contributed by atoms with Crippen molar-refractivity contribution in [3.8, 4) is 6.07 Å². The maximum absolute atomic E-state index is 16.0. The smallest absolute Gasteiger partial charge is 0.367 e. The number of alkyl halides is 3. The molecule has 2 N–H and O–H groups in total. The Kier molecular flexibility index (Phi) is 8.78. The number of halogens is 4. The van der Waals surface area contributed by atoms with Crippen LogP contribution in [-0.2, 0) is 9.59 Å². The number of likely N-dealkylation sites (N-methyl/N-ethyl adjacent to an activating group) is 1. The van der Waals surface area contributed by atoms with Crippen LogP contribution in [0, 0.1) is 29.0 Å². The zero-order valence-electron chi connectivity index (χ0n) is 24.7. The number of hydrogen-bond donors (Lipinski definition) is 2. The fraction of sp³-hybridized carbons (Fsp3) is 0.500. The summed E-state index contributed by atoms with van der Waals surface area (Å²) in [6.45, 7) is 5.44. The zero-order valence-corrected chi connectivity index (χ0v) is 24.7. The van der Waals surface area contributed by atoms with Crippen LogP contribution < -0.4 is 20.4 Å². The van der Waals surface area contributed by atoms with Crippen molar-refractivity contribution in [1.29, 1.82) is 5.26 Å². The predicted molar refractivity (Wildman–Crippen MR) is 156 cm³/mol. The van der Waals surface area contributed by atoms with E-state index in [1.54, 1.807) is 6.07 Å². The Morgan fingerprint density at radius 1 is 1.18 bits per heavy atom. The third-order valence-electron chi connectivity index (χ3n) is 8.77. The summed E-state index contributed by atoms with van der Waals surface area (Å²) in [7, 11) is 1.99. The number of anilines is 3. The van der Waals surface area contributed by atoms with Gasteiger partial charge in [-0.2, -0.15) is 18.4 Å². The zero-order chi connectivity index (χ0) is 31.8. The van der Waals surface area contributed by atoms with Crippen molar-refractivity contribution < 1.29 is 27.2 Å². The van der Waals surface area contributed by atoms with Crippen LogP contribution in [0.4, 0.5) is 34.8 Å². The van der Waals surface area contributed by atoms with Gasteiger partial charge in [-0.15, -0.1) is 0 Å². The van der Waals surface area contributed by atoms with Gasteiger partial charge in [0, 0.05) is 63.0 Å². The number of rotatable bonds is 5. The van der Waals surface area contributed by atoms with Crippen molar-refractivity contribution in [2.75, 3.05) is 54.9 Å². The minimum Gasteiger partial charge on any atom is -0.367 e. The van der Waals surface area contributed by atoms with Crippen LogP contribution in [0.3, 0.4) is 0 Å². The Morgan fingerprint density at radius 2 is 1.91 bits per heavy atom. The van der Waals surface area contributed by atoms with Crippen LogP contribution in [0.15, 0.2) is 30.5 Å². The van der Waals surface area contributed by atoms with Crippen molar-refractivity contribution in [2.24, 2.45) is 11.8 Å². The Bertz CT molecular complexity index is 1490. The van der Waals surface area contributed by atoms with E-state index in [1.165, 1.54) is 18.3 Å². The third kappa shape index (κ3) is 6.47. The molecule has 1 aromatic carbocycles. The van der Waals surface area contributed by atoms with Crippen molar-refractivity contribution >= 4 is 34.6 Å². The maximum Gasteiger partial charge on any atom is 0.393 e. The van der Waals surface area contributed by atoms with Crippen LogP contribution in [0.25, 0.3) is 5.57 Å². The molecule has 4 heterocycles. The molecule has 2 unspecified atom stereocenters. The summed E-state index contributed by atoms with van der Waals surface area (Å²) in [6.07, 6.45) is -1.69. The van der Waals surface area contributed by atoms with E-state index in [-0.39, 0.29) is 35.7 Å². The van der Waals surface area contributed by atoms with E-state index in [4.69, 9.17) is 0 Å². The summed E-state index contributed by atoms with van der Waals surface area (Å²) >= 11 is 0. The summed E-state index contributed by atoms with van der Waals surface area (Å²) in [5.74, 6) is -5.37. The van der Waals surface area contributed by atoms with Gasteiger partial charge in [-0.1, -0.05) is 6.08 Å². The first-order chi connectivity index (χ1) is 20.8. The van der Waals surface area contributed by atoms with Crippen LogP contribution in [0.1, 0.15) is 38.1 Å². The molecule has 5 rings (SSSR count). The molecule has 234 valence electrons. The number of nitrogens with zero attached hydrogens (tertiary/aromatic N) is 6. The highest BCUT2D eigenvalue weighted by Gasteiger charge is 2.50. The Hall–Kier alpha value is -4.25. The Morgan fingerprint density at radius 3 is 2.59 bits per heavy atom. The minimum absolute atomic E-state index is 0.00540. The molecule has 10 nitrogen and oxygen atoms in total. The van der Waals surface area contributed by atoms with Gasteiger partial charge in [0.1, 0.15) is 17.7 Å². The topological polar surface area (TPSA) is 117 Å². The van der Waals surface area contributed by atoms with E-state index in [0.717, 1.165) is 0 Å². The van der Waals surface area contributed by atoms with Crippen molar-refractivity contribution in [3.05, 3.63) is 47.7 Å². The van der Waals surface area contributed by atoms with Gasteiger partial charge in [0.2, 0.25) is 17.6 Å². The fourth-order valence-corrected chi connectivity index (χ4v) is 6.11. The van der Waals surface area contributed by atoms with Crippen LogP contribution in [-0.4, -0.2) is 84.7 Å². The Labute approximate surface area is 252 Å². The van der Waals surface area contributed by atoms with Gasteiger partial charge in [0.05, 0.1) is 23.2 Å². The van der Waals surface area contributed by atoms with Crippen molar-refractivity contribution in [3.63, 3.8) is 0 Å². The highest BCUT2D eigenvalue weighted by atomic mass is 19.4. The first-order valence-corrected chi connectivity index (χ1v) is 14.5. The quantitative estimate of drug-likeness (QED) is 0.492. The maximum atomic E-state index is 16.0. The highest BCUT2D eigenvalue weighted by Crippen LogP contribution is 2.39. The van der Waals surface area contributed by atoms with E-state index >= 15 is 4.39 Å². The van der Waals surface area contributed by atoms with Crippen LogP contribution in [0.2, 0.25) is 0 Å². The number of piperidine rings is 1. The molecule has 2 amide bonds. The van der Waals surface area contributed by atoms with Gasteiger partial charge in [0.15, 0.2) is 0 Å². The average molecular weight is 615 g/mol. The molecule has 0 saturated carbocycles. The minimum atomic E-state index is -4.75. The number of hydrogen-bond acceptors (Lipinski definition) is 8. The molecule has 0 spiro atoms. The second kappa shape index (κ2) is 12.4. The molecule has 0 bridgehead atoms. The normalized spacial score (nSPS) is 24.8. The summed E-state index contributed by atoms with van der Waals surface area (Å²) in [5, 5.41) is 14.3. The predicted octanol–water partition coefficient (Wildman–Crippen LogP) is 3.56. The average Bonchev–Trinajstić information content (AvgIpc) is 2.99. The van der Waals surface area contributed by atoms with Gasteiger partial charge in [-0.3, -0.25) is 14.5 Å². The molecule has 3 aliphatic rings. The lowest BCUT2D eigenvalue weighted by Crippen LogP contribution is -2.55. The number of piperazine rings is 1. The summed E-state index contributed by atoms with van der Waals surface area (Å²) < 4.78 is 57.6. The second-order valence-corrected chi connectivity index (χ2v) is 11.7. The first kappa shape index (κ1) is 31.2. The molecular formula is C30H34F4N8O2. The first-order valence-electron chi connectivity index (χ1n) is 14.5. The van der Waals surface area contributed by atoms with E-state index in [0.29, 0.717) is 43.1 Å². The molecule has 1 aromatic heterocycles. The summed E-state index contributed by atoms with van der Waals surface area (Å²) in [4.78, 5) is 39.4. The molecule has 14 heteroatoms. The molecule has 4 atom stereocenters. The molecule has 0 radical (unpaired) electrons. The Balaban J connectivity index is 1.50. The second-order valence-electron chi connectivity index (χ2n) is 11.7. The number of nitriles is 1. The number of benzene rings is 1. The van der Waals surface area contributed by atoms with Gasteiger partial charge >= 0.3 is 6.18 Å². The van der Waals surface area contributed by atoms with E-state index < -0.39 is 48.6 Å². The third-order valence-corrected chi connectivity index (χ3v) is 8.77. The lowest BCUT2D eigenvalue weighted by Gasteiger charge is -2.44. The van der Waals surface area contributed by atoms with Gasteiger partial charge < -0.3 is 20.4 Å². The molecule has 3 aliphatic heterocycles. The van der Waals surface area contributed by atoms with Crippen LogP contribution >= 0.6 is 0 Å². The van der Waals surface area contributed by atoms with E-state index in [1.807, 2.05) is 42.8 Å². The number of carbonyl (C=O) groups excluding carboxylic acids is 2. The van der Waals surface area contributed by atoms with Crippen molar-refractivity contribution in [1.82, 2.24) is 20.2 Å². The molecular weight excluding hydrogens is 580 g/mol. The van der Waals surface area contributed by atoms with Gasteiger partial charge in [0.25, 0.3) is 0 Å². The van der Waals surface area contributed by atoms with E-state index in [9.17, 15) is 28.0 Å². The highest BCUT2D eigenvalue weighted by molar-refractivity contribution is 5.98. The lowest BCUT2D eigenvalue weighted by atomic mass is 9.84. The van der Waals surface area contributed by atoms with Crippen molar-refractivity contribution in [2.45, 2.75) is 44.9 Å².